The topological polar surface area (TPSA) is 48.0 Å². The van der Waals surface area contributed by atoms with E-state index in [4.69, 9.17) is 14.2 Å². The Kier molecular flexibility index (Phi) is 4.32. The molecule has 1 amide bonds. The lowest BCUT2D eigenvalue weighted by Gasteiger charge is -2.29. The largest absolute Gasteiger partial charge is 0.493 e. The highest BCUT2D eigenvalue weighted by atomic mass is 19.1. The second-order valence-corrected chi connectivity index (χ2v) is 4.92. The van der Waals surface area contributed by atoms with Crippen LogP contribution in [0.25, 0.3) is 0 Å². The number of amides is 1. The zero-order valence-electron chi connectivity index (χ0n) is 12.6. The summed E-state index contributed by atoms with van der Waals surface area (Å²) in [4.78, 5) is 13.8. The molecule has 0 N–H and O–H groups in total. The first-order valence-corrected chi connectivity index (χ1v) is 7.18. The van der Waals surface area contributed by atoms with Crippen molar-refractivity contribution < 1.29 is 23.4 Å². The van der Waals surface area contributed by atoms with E-state index >= 15 is 0 Å². The Morgan fingerprint density at radius 3 is 2.78 bits per heavy atom. The van der Waals surface area contributed by atoms with Crippen molar-refractivity contribution in [2.24, 2.45) is 0 Å². The third kappa shape index (κ3) is 3.06. The van der Waals surface area contributed by atoms with E-state index in [2.05, 4.69) is 0 Å². The van der Waals surface area contributed by atoms with Gasteiger partial charge < -0.3 is 19.1 Å². The minimum atomic E-state index is -0.493. The Morgan fingerprint density at radius 2 is 2.00 bits per heavy atom. The number of hydrogen-bond acceptors (Lipinski definition) is 4. The van der Waals surface area contributed by atoms with E-state index in [0.717, 1.165) is 0 Å². The van der Waals surface area contributed by atoms with Crippen molar-refractivity contribution in [2.45, 2.75) is 0 Å². The number of rotatable bonds is 4. The van der Waals surface area contributed by atoms with E-state index in [1.54, 1.807) is 36.4 Å². The molecule has 2 aromatic carbocycles. The highest BCUT2D eigenvalue weighted by molar-refractivity contribution is 5.96. The number of carbonyl (C=O) groups excluding carboxylic acids is 1. The monoisotopic (exact) mass is 317 g/mol. The van der Waals surface area contributed by atoms with Crippen LogP contribution in [-0.2, 0) is 4.79 Å². The molecule has 0 radical (unpaired) electrons. The van der Waals surface area contributed by atoms with Crippen molar-refractivity contribution >= 4 is 11.6 Å². The number of anilines is 1. The fourth-order valence-electron chi connectivity index (χ4n) is 2.44. The molecule has 0 saturated carbocycles. The Balaban J connectivity index is 1.75. The molecule has 120 valence electrons. The fourth-order valence-corrected chi connectivity index (χ4v) is 2.44. The molecule has 5 nitrogen and oxygen atoms in total. The molecule has 0 bridgehead atoms. The van der Waals surface area contributed by atoms with Crippen LogP contribution in [0.15, 0.2) is 42.5 Å². The van der Waals surface area contributed by atoms with Gasteiger partial charge in [-0.3, -0.25) is 4.79 Å². The molecule has 0 aliphatic carbocycles. The Morgan fingerprint density at radius 1 is 1.22 bits per heavy atom. The maximum atomic E-state index is 14.0. The predicted octanol–water partition coefficient (Wildman–Crippen LogP) is 2.64. The van der Waals surface area contributed by atoms with Gasteiger partial charge in [-0.15, -0.1) is 0 Å². The minimum Gasteiger partial charge on any atom is -0.493 e. The van der Waals surface area contributed by atoms with Crippen LogP contribution in [0.1, 0.15) is 0 Å². The van der Waals surface area contributed by atoms with Gasteiger partial charge in [-0.1, -0.05) is 18.2 Å². The molecule has 6 heteroatoms. The summed E-state index contributed by atoms with van der Waals surface area (Å²) in [6.07, 6.45) is 0. The first-order chi connectivity index (χ1) is 11.2. The van der Waals surface area contributed by atoms with Gasteiger partial charge >= 0.3 is 0 Å². The van der Waals surface area contributed by atoms with Gasteiger partial charge in [-0.25, -0.2) is 4.39 Å². The van der Waals surface area contributed by atoms with Gasteiger partial charge in [0.2, 0.25) is 0 Å². The molecule has 0 spiro atoms. The summed E-state index contributed by atoms with van der Waals surface area (Å²) in [5, 5.41) is 0. The highest BCUT2D eigenvalue weighted by Gasteiger charge is 2.27. The molecule has 0 saturated heterocycles. The van der Waals surface area contributed by atoms with Crippen LogP contribution < -0.4 is 19.1 Å². The molecule has 1 aliphatic rings. The second-order valence-electron chi connectivity index (χ2n) is 4.92. The molecule has 0 unspecified atom stereocenters. The first kappa shape index (κ1) is 15.1. The van der Waals surface area contributed by atoms with Gasteiger partial charge in [-0.05, 0) is 24.3 Å². The summed E-state index contributed by atoms with van der Waals surface area (Å²) >= 11 is 0. The first-order valence-electron chi connectivity index (χ1n) is 7.18. The molecule has 1 heterocycles. The normalized spacial score (nSPS) is 13.0. The molecule has 3 rings (SSSR count). The number of halogens is 1. The zero-order chi connectivity index (χ0) is 16.2. The number of methoxy groups -OCH3 is 1. The molecule has 1 aliphatic heterocycles. The maximum absolute atomic E-state index is 14.0. The van der Waals surface area contributed by atoms with Gasteiger partial charge in [0, 0.05) is 0 Å². The van der Waals surface area contributed by atoms with Crippen molar-refractivity contribution in [1.82, 2.24) is 0 Å². The van der Waals surface area contributed by atoms with Gasteiger partial charge in [0.25, 0.3) is 5.91 Å². The van der Waals surface area contributed by atoms with E-state index in [0.29, 0.717) is 23.9 Å². The smallest absolute Gasteiger partial charge is 0.265 e. The summed E-state index contributed by atoms with van der Waals surface area (Å²) in [6, 6.07) is 11.5. The average molecular weight is 317 g/mol. The highest BCUT2D eigenvalue weighted by Crippen LogP contribution is 2.34. The van der Waals surface area contributed by atoms with Crippen molar-refractivity contribution in [3.63, 3.8) is 0 Å². The van der Waals surface area contributed by atoms with Crippen molar-refractivity contribution in [1.29, 1.82) is 0 Å². The van der Waals surface area contributed by atoms with Crippen LogP contribution in [0, 0.1) is 5.82 Å². The number of benzene rings is 2. The predicted molar refractivity (Wildman–Crippen MR) is 82.7 cm³/mol. The summed E-state index contributed by atoms with van der Waals surface area (Å²) in [5.74, 6) is 0.527. The number of fused-ring (bicyclic) bond motifs is 1. The van der Waals surface area contributed by atoms with Crippen LogP contribution in [0.3, 0.4) is 0 Å². The number of hydrogen-bond donors (Lipinski definition) is 0. The molecular formula is C17H16FNO4. The van der Waals surface area contributed by atoms with E-state index in [-0.39, 0.29) is 24.7 Å². The standard InChI is InChI=1S/C17H16FNO4/c1-21-13-6-2-3-7-14(13)23-11-16(20)19-9-10-22-15-8-4-5-12(18)17(15)19/h2-8H,9-11H2,1H3. The SMILES string of the molecule is COc1ccccc1OCC(=O)N1CCOc2cccc(F)c21. The molecule has 2 aromatic rings. The lowest BCUT2D eigenvalue weighted by Crippen LogP contribution is -2.41. The van der Waals surface area contributed by atoms with Gasteiger partial charge in [-0.2, -0.15) is 0 Å². The molecule has 0 fully saturated rings. The van der Waals surface area contributed by atoms with Crippen LogP contribution in [0.5, 0.6) is 17.2 Å². The molecule has 0 atom stereocenters. The Bertz CT molecular complexity index is 719. The Hall–Kier alpha value is -2.76. The number of nitrogens with zero attached hydrogens (tertiary/aromatic N) is 1. The maximum Gasteiger partial charge on any atom is 0.265 e. The summed E-state index contributed by atoms with van der Waals surface area (Å²) in [7, 11) is 1.53. The second kappa shape index (κ2) is 6.56. The van der Waals surface area contributed by atoms with Crippen molar-refractivity contribution in [2.75, 3.05) is 31.8 Å². The third-order valence-corrected chi connectivity index (χ3v) is 3.51. The lowest BCUT2D eigenvalue weighted by atomic mass is 10.2. The molecular weight excluding hydrogens is 301 g/mol. The van der Waals surface area contributed by atoms with Crippen molar-refractivity contribution in [3.05, 3.63) is 48.3 Å². The third-order valence-electron chi connectivity index (χ3n) is 3.51. The molecule has 0 aromatic heterocycles. The van der Waals surface area contributed by atoms with Gasteiger partial charge in [0.15, 0.2) is 23.9 Å². The van der Waals surface area contributed by atoms with Crippen LogP contribution in [-0.4, -0.2) is 32.8 Å². The van der Waals surface area contributed by atoms with Crippen LogP contribution in [0.2, 0.25) is 0 Å². The van der Waals surface area contributed by atoms with Gasteiger partial charge in [0.1, 0.15) is 18.0 Å². The van der Waals surface area contributed by atoms with E-state index in [9.17, 15) is 9.18 Å². The van der Waals surface area contributed by atoms with E-state index in [1.807, 2.05) is 0 Å². The van der Waals surface area contributed by atoms with Crippen LogP contribution in [0.4, 0.5) is 10.1 Å². The number of ether oxygens (including phenoxy) is 3. The number of carbonyl (C=O) groups is 1. The zero-order valence-corrected chi connectivity index (χ0v) is 12.6. The molecule has 23 heavy (non-hydrogen) atoms. The van der Waals surface area contributed by atoms with Gasteiger partial charge in [0.05, 0.1) is 13.7 Å². The van der Waals surface area contributed by atoms with Crippen LogP contribution >= 0.6 is 0 Å². The average Bonchev–Trinajstić information content (AvgIpc) is 2.59. The summed E-state index contributed by atoms with van der Waals surface area (Å²) < 4.78 is 30.1. The van der Waals surface area contributed by atoms with E-state index < -0.39 is 5.82 Å². The summed E-state index contributed by atoms with van der Waals surface area (Å²) in [5.41, 5.74) is 0.160. The number of para-hydroxylation sites is 3. The summed E-state index contributed by atoms with van der Waals surface area (Å²) in [6.45, 7) is 0.382. The fraction of sp³-hybridized carbons (Fsp3) is 0.235. The quantitative estimate of drug-likeness (QED) is 0.870. The Labute approximate surface area is 133 Å². The lowest BCUT2D eigenvalue weighted by molar-refractivity contribution is -0.120. The minimum absolute atomic E-state index is 0.160. The van der Waals surface area contributed by atoms with Crippen molar-refractivity contribution in [3.8, 4) is 17.2 Å². The van der Waals surface area contributed by atoms with E-state index in [1.165, 1.54) is 18.1 Å².